The van der Waals surface area contributed by atoms with E-state index in [0.717, 1.165) is 24.4 Å². The fourth-order valence-corrected chi connectivity index (χ4v) is 5.31. The summed E-state index contributed by atoms with van der Waals surface area (Å²) < 4.78 is 33.1. The highest BCUT2D eigenvalue weighted by Gasteiger charge is 2.28. The van der Waals surface area contributed by atoms with Crippen molar-refractivity contribution in [3.8, 4) is 5.75 Å². The van der Waals surface area contributed by atoms with Crippen LogP contribution in [0.5, 0.6) is 5.75 Å². The average molecular weight is 470 g/mol. The van der Waals surface area contributed by atoms with Crippen molar-refractivity contribution in [2.45, 2.75) is 31.2 Å². The number of hydrogen-bond acceptors (Lipinski definition) is 6. The zero-order valence-electron chi connectivity index (χ0n) is 18.6. The quantitative estimate of drug-likeness (QED) is 0.466. The van der Waals surface area contributed by atoms with E-state index in [1.54, 1.807) is 49.7 Å². The van der Waals surface area contributed by atoms with E-state index >= 15 is 0 Å². The summed E-state index contributed by atoms with van der Waals surface area (Å²) in [5, 5.41) is 6.01. The number of sulfonamides is 1. The van der Waals surface area contributed by atoms with Gasteiger partial charge in [-0.2, -0.15) is 4.31 Å². The second-order valence-corrected chi connectivity index (χ2v) is 9.83. The maximum absolute atomic E-state index is 13.2. The van der Waals surface area contributed by atoms with Crippen molar-refractivity contribution in [3.63, 3.8) is 0 Å². The lowest BCUT2D eigenvalue weighted by Crippen LogP contribution is -2.28. The number of methoxy groups -OCH3 is 1. The number of amides is 1. The summed E-state index contributed by atoms with van der Waals surface area (Å²) in [6, 6.07) is 11.6. The van der Waals surface area contributed by atoms with Crippen molar-refractivity contribution in [3.05, 3.63) is 65.7 Å². The fraction of sp³-hybridized carbons (Fsp3) is 0.304. The molecule has 1 aliphatic heterocycles. The van der Waals surface area contributed by atoms with Crippen LogP contribution in [-0.2, 0) is 16.6 Å². The summed E-state index contributed by atoms with van der Waals surface area (Å²) in [6.45, 7) is 3.23. The number of nitrogens with zero attached hydrogens (tertiary/aromatic N) is 2. The molecule has 4 rings (SSSR count). The molecule has 0 atom stereocenters. The number of carbonyl (C=O) groups is 1. The Bertz CT molecular complexity index is 1250. The average Bonchev–Trinajstić information content (AvgIpc) is 3.50. The molecule has 33 heavy (non-hydrogen) atoms. The Morgan fingerprint density at radius 2 is 1.94 bits per heavy atom. The van der Waals surface area contributed by atoms with Gasteiger partial charge in [0, 0.05) is 36.1 Å². The third-order valence-electron chi connectivity index (χ3n) is 5.44. The van der Waals surface area contributed by atoms with Gasteiger partial charge in [0.05, 0.1) is 30.4 Å². The van der Waals surface area contributed by atoms with Gasteiger partial charge in [-0.05, 0) is 50.1 Å². The molecule has 0 bridgehead atoms. The van der Waals surface area contributed by atoms with Crippen molar-refractivity contribution in [1.82, 2.24) is 14.3 Å². The summed E-state index contributed by atoms with van der Waals surface area (Å²) in [5.74, 6) is 0.980. The number of carbonyl (C=O) groups excluding carboxylic acids is 1. The molecule has 1 saturated heterocycles. The monoisotopic (exact) mass is 469 g/mol. The van der Waals surface area contributed by atoms with Gasteiger partial charge in [0.25, 0.3) is 5.91 Å². The molecule has 10 heteroatoms. The normalized spacial score (nSPS) is 14.2. The number of imidazole rings is 1. The van der Waals surface area contributed by atoms with E-state index in [1.165, 1.54) is 10.4 Å². The van der Waals surface area contributed by atoms with Crippen molar-refractivity contribution in [2.24, 2.45) is 0 Å². The molecule has 174 valence electrons. The van der Waals surface area contributed by atoms with Gasteiger partial charge in [-0.25, -0.2) is 13.4 Å². The Morgan fingerprint density at radius 1 is 1.15 bits per heavy atom. The molecule has 0 saturated carbocycles. The number of aryl methyl sites for hydroxylation is 1. The van der Waals surface area contributed by atoms with Gasteiger partial charge in [-0.15, -0.1) is 0 Å². The number of hydrogen-bond donors (Lipinski definition) is 3. The SMILES string of the molecule is COc1cccc(NC(=O)c2cc(NCc3cnc(C)[nH]3)cc(S(=O)(=O)N3CCCC3)c2)c1. The first-order valence-electron chi connectivity index (χ1n) is 10.7. The van der Waals surface area contributed by atoms with Crippen LogP contribution < -0.4 is 15.4 Å². The highest BCUT2D eigenvalue weighted by Crippen LogP contribution is 2.26. The third-order valence-corrected chi connectivity index (χ3v) is 7.31. The van der Waals surface area contributed by atoms with Gasteiger partial charge in [0.1, 0.15) is 11.6 Å². The summed E-state index contributed by atoms with van der Waals surface area (Å²) in [6.07, 6.45) is 3.38. The summed E-state index contributed by atoms with van der Waals surface area (Å²) in [7, 11) is -2.16. The lowest BCUT2D eigenvalue weighted by Gasteiger charge is -2.18. The van der Waals surface area contributed by atoms with Crippen molar-refractivity contribution < 1.29 is 17.9 Å². The molecule has 1 fully saturated rings. The molecular formula is C23H27N5O4S. The van der Waals surface area contributed by atoms with E-state index in [0.29, 0.717) is 36.8 Å². The van der Waals surface area contributed by atoms with E-state index in [-0.39, 0.29) is 10.5 Å². The lowest BCUT2D eigenvalue weighted by atomic mass is 10.1. The number of nitrogens with one attached hydrogen (secondary N) is 3. The molecule has 1 aliphatic rings. The van der Waals surface area contributed by atoms with E-state index in [1.807, 2.05) is 6.92 Å². The van der Waals surface area contributed by atoms with Crippen LogP contribution in [0.2, 0.25) is 0 Å². The third kappa shape index (κ3) is 5.35. The molecule has 1 amide bonds. The number of H-pyrrole nitrogens is 1. The Morgan fingerprint density at radius 3 is 2.64 bits per heavy atom. The summed E-state index contributed by atoms with van der Waals surface area (Å²) in [5.41, 5.74) is 2.16. The molecule has 3 aromatic rings. The van der Waals surface area contributed by atoms with E-state index < -0.39 is 15.9 Å². The second kappa shape index (κ2) is 9.63. The molecule has 0 aliphatic carbocycles. The van der Waals surface area contributed by atoms with Gasteiger partial charge in [0.2, 0.25) is 10.0 Å². The topological polar surface area (TPSA) is 116 Å². The van der Waals surface area contributed by atoms with Gasteiger partial charge < -0.3 is 20.4 Å². The predicted molar refractivity (Wildman–Crippen MR) is 126 cm³/mol. The van der Waals surface area contributed by atoms with E-state index in [9.17, 15) is 13.2 Å². The number of aromatic nitrogens is 2. The molecule has 3 N–H and O–H groups in total. The van der Waals surface area contributed by atoms with Gasteiger partial charge in [-0.1, -0.05) is 6.07 Å². The molecule has 0 spiro atoms. The summed E-state index contributed by atoms with van der Waals surface area (Å²) >= 11 is 0. The predicted octanol–water partition coefficient (Wildman–Crippen LogP) is 3.38. The van der Waals surface area contributed by atoms with Crippen LogP contribution in [0.1, 0.15) is 34.7 Å². The van der Waals surface area contributed by atoms with Crippen LogP contribution in [0, 0.1) is 6.92 Å². The Hall–Kier alpha value is -3.37. The maximum Gasteiger partial charge on any atom is 0.255 e. The fourth-order valence-electron chi connectivity index (χ4n) is 3.72. The molecule has 9 nitrogen and oxygen atoms in total. The molecule has 0 radical (unpaired) electrons. The molecule has 2 heterocycles. The minimum atomic E-state index is -3.71. The van der Waals surface area contributed by atoms with Gasteiger partial charge in [-0.3, -0.25) is 4.79 Å². The highest BCUT2D eigenvalue weighted by atomic mass is 32.2. The van der Waals surface area contributed by atoms with E-state index in [2.05, 4.69) is 20.6 Å². The van der Waals surface area contributed by atoms with Crippen LogP contribution in [0.25, 0.3) is 0 Å². The molecular weight excluding hydrogens is 442 g/mol. The zero-order chi connectivity index (χ0) is 23.4. The van der Waals surface area contributed by atoms with Crippen molar-refractivity contribution in [1.29, 1.82) is 0 Å². The largest absolute Gasteiger partial charge is 0.497 e. The Balaban J connectivity index is 1.64. The number of anilines is 2. The van der Waals surface area contributed by atoms with Crippen molar-refractivity contribution in [2.75, 3.05) is 30.8 Å². The first-order chi connectivity index (χ1) is 15.8. The molecule has 0 unspecified atom stereocenters. The zero-order valence-corrected chi connectivity index (χ0v) is 19.4. The smallest absolute Gasteiger partial charge is 0.255 e. The number of ether oxygens (including phenoxy) is 1. The van der Waals surface area contributed by atoms with Crippen LogP contribution in [0.3, 0.4) is 0 Å². The number of benzene rings is 2. The number of aromatic amines is 1. The first kappa shape index (κ1) is 22.8. The first-order valence-corrected chi connectivity index (χ1v) is 12.1. The number of rotatable bonds is 8. The minimum Gasteiger partial charge on any atom is -0.497 e. The Labute approximate surface area is 193 Å². The van der Waals surface area contributed by atoms with Crippen LogP contribution in [-0.4, -0.2) is 48.8 Å². The van der Waals surface area contributed by atoms with Crippen LogP contribution >= 0.6 is 0 Å². The second-order valence-electron chi connectivity index (χ2n) is 7.89. The van der Waals surface area contributed by atoms with Crippen molar-refractivity contribution >= 4 is 27.3 Å². The van der Waals surface area contributed by atoms with E-state index in [4.69, 9.17) is 4.74 Å². The standard InChI is InChI=1S/C23H27N5O4S/c1-16-24-14-20(26-16)15-25-19-10-17(23(29)27-18-6-5-7-21(12-18)32-2)11-22(13-19)33(30,31)28-8-3-4-9-28/h5-7,10-14,25H,3-4,8-9,15H2,1-2H3,(H,24,26)(H,27,29). The van der Waals surface area contributed by atoms with Crippen LogP contribution in [0.15, 0.2) is 53.6 Å². The van der Waals surface area contributed by atoms with Crippen LogP contribution in [0.4, 0.5) is 11.4 Å². The maximum atomic E-state index is 13.2. The summed E-state index contributed by atoms with van der Waals surface area (Å²) in [4.78, 5) is 20.4. The minimum absolute atomic E-state index is 0.0889. The lowest BCUT2D eigenvalue weighted by molar-refractivity contribution is 0.102. The highest BCUT2D eigenvalue weighted by molar-refractivity contribution is 7.89. The van der Waals surface area contributed by atoms with Gasteiger partial charge in [0.15, 0.2) is 0 Å². The molecule has 1 aromatic heterocycles. The Kier molecular flexibility index (Phi) is 6.66. The van der Waals surface area contributed by atoms with Gasteiger partial charge >= 0.3 is 0 Å². The molecule has 2 aromatic carbocycles.